The van der Waals surface area contributed by atoms with Gasteiger partial charge in [-0.2, -0.15) is 0 Å². The van der Waals surface area contributed by atoms with Crippen LogP contribution in [0.15, 0.2) is 47.4 Å². The molecule has 2 aliphatic rings. The molecule has 0 saturated heterocycles. The highest BCUT2D eigenvalue weighted by atomic mass is 19.1. The van der Waals surface area contributed by atoms with Crippen molar-refractivity contribution in [1.82, 2.24) is 0 Å². The average Bonchev–Trinajstić information content (AvgIpc) is 2.20. The predicted octanol–water partition coefficient (Wildman–Crippen LogP) is 3.84. The topological polar surface area (TPSA) is 0 Å². The second-order valence-corrected chi connectivity index (χ2v) is 3.46. The summed E-state index contributed by atoms with van der Waals surface area (Å²) in [7, 11) is 0. The zero-order valence-electron chi connectivity index (χ0n) is 7.59. The molecule has 0 nitrogen and oxygen atoms in total. The molecule has 0 heterocycles. The third-order valence-electron chi connectivity index (χ3n) is 2.52. The second kappa shape index (κ2) is 3.73. The van der Waals surface area contributed by atoms with E-state index in [0.29, 0.717) is 6.42 Å². The maximum Gasteiger partial charge on any atom is 0.100 e. The van der Waals surface area contributed by atoms with Crippen LogP contribution in [-0.4, -0.2) is 0 Å². The van der Waals surface area contributed by atoms with Gasteiger partial charge in [-0.25, -0.2) is 4.39 Å². The summed E-state index contributed by atoms with van der Waals surface area (Å²) in [4.78, 5) is 0. The van der Waals surface area contributed by atoms with Gasteiger partial charge >= 0.3 is 0 Å². The summed E-state index contributed by atoms with van der Waals surface area (Å²) >= 11 is 0. The van der Waals surface area contributed by atoms with Gasteiger partial charge in [0.05, 0.1) is 0 Å². The number of rotatable bonds is 1. The molecule has 0 saturated carbocycles. The first kappa shape index (κ1) is 8.49. The van der Waals surface area contributed by atoms with Crippen molar-refractivity contribution in [2.45, 2.75) is 25.7 Å². The second-order valence-electron chi connectivity index (χ2n) is 3.46. The molecular weight excluding hydrogens is 163 g/mol. The van der Waals surface area contributed by atoms with Gasteiger partial charge in [0.1, 0.15) is 5.83 Å². The average molecular weight is 176 g/mol. The normalized spacial score (nSPS) is 22.1. The summed E-state index contributed by atoms with van der Waals surface area (Å²) in [5.74, 6) is 0.00991. The van der Waals surface area contributed by atoms with Crippen LogP contribution in [0, 0.1) is 0 Å². The molecular formula is C12H13F. The van der Waals surface area contributed by atoms with Crippen LogP contribution in [0.1, 0.15) is 25.7 Å². The zero-order chi connectivity index (χ0) is 9.10. The van der Waals surface area contributed by atoms with E-state index in [-0.39, 0.29) is 5.83 Å². The summed E-state index contributed by atoms with van der Waals surface area (Å²) in [5, 5.41) is 0. The monoisotopic (exact) mass is 176 g/mol. The van der Waals surface area contributed by atoms with Crippen LogP contribution in [0.5, 0.6) is 0 Å². The third kappa shape index (κ3) is 1.97. The van der Waals surface area contributed by atoms with Crippen molar-refractivity contribution in [3.63, 3.8) is 0 Å². The van der Waals surface area contributed by atoms with Gasteiger partial charge in [-0.1, -0.05) is 24.3 Å². The zero-order valence-corrected chi connectivity index (χ0v) is 7.59. The molecule has 0 aromatic carbocycles. The lowest BCUT2D eigenvalue weighted by atomic mass is 9.91. The molecule has 2 aliphatic carbocycles. The fraction of sp³-hybridized carbons (Fsp3) is 0.333. The van der Waals surface area contributed by atoms with Crippen molar-refractivity contribution in [2.24, 2.45) is 0 Å². The van der Waals surface area contributed by atoms with Gasteiger partial charge in [0.2, 0.25) is 0 Å². The van der Waals surface area contributed by atoms with Crippen molar-refractivity contribution >= 4 is 0 Å². The Hall–Kier alpha value is -1.11. The molecule has 2 rings (SSSR count). The van der Waals surface area contributed by atoms with E-state index in [4.69, 9.17) is 0 Å². The number of hydrogen-bond donors (Lipinski definition) is 0. The molecule has 0 aliphatic heterocycles. The van der Waals surface area contributed by atoms with Crippen molar-refractivity contribution in [2.75, 3.05) is 0 Å². The van der Waals surface area contributed by atoms with Gasteiger partial charge in [-0.3, -0.25) is 0 Å². The molecule has 1 heteroatoms. The van der Waals surface area contributed by atoms with Crippen LogP contribution in [-0.2, 0) is 0 Å². The highest BCUT2D eigenvalue weighted by Crippen LogP contribution is 2.28. The first-order valence-corrected chi connectivity index (χ1v) is 4.77. The fourth-order valence-corrected chi connectivity index (χ4v) is 1.75. The third-order valence-corrected chi connectivity index (χ3v) is 2.52. The molecule has 0 aromatic heterocycles. The van der Waals surface area contributed by atoms with E-state index in [2.05, 4.69) is 18.2 Å². The maximum atomic E-state index is 12.7. The molecule has 0 unspecified atom stereocenters. The Labute approximate surface area is 78.1 Å². The molecule has 13 heavy (non-hydrogen) atoms. The summed E-state index contributed by atoms with van der Waals surface area (Å²) in [6.07, 6.45) is 13.6. The molecule has 0 amide bonds. The van der Waals surface area contributed by atoms with Gasteiger partial charge < -0.3 is 0 Å². The number of allylic oxidation sites excluding steroid dienone is 8. The molecule has 0 spiro atoms. The van der Waals surface area contributed by atoms with E-state index in [1.54, 1.807) is 6.08 Å². The summed E-state index contributed by atoms with van der Waals surface area (Å²) in [6, 6.07) is 0. The summed E-state index contributed by atoms with van der Waals surface area (Å²) in [6.45, 7) is 0. The van der Waals surface area contributed by atoms with Crippen LogP contribution in [0.2, 0.25) is 0 Å². The van der Waals surface area contributed by atoms with E-state index < -0.39 is 0 Å². The van der Waals surface area contributed by atoms with Crippen LogP contribution >= 0.6 is 0 Å². The van der Waals surface area contributed by atoms with E-state index in [1.165, 1.54) is 11.1 Å². The van der Waals surface area contributed by atoms with Crippen LogP contribution < -0.4 is 0 Å². The van der Waals surface area contributed by atoms with Gasteiger partial charge in [0, 0.05) is 6.42 Å². The van der Waals surface area contributed by atoms with Crippen LogP contribution in [0.25, 0.3) is 0 Å². The Morgan fingerprint density at radius 3 is 2.38 bits per heavy atom. The number of hydrogen-bond acceptors (Lipinski definition) is 0. The Morgan fingerprint density at radius 1 is 0.923 bits per heavy atom. The molecule has 68 valence electrons. The minimum absolute atomic E-state index is 0.00991. The molecule has 0 fully saturated rings. The minimum Gasteiger partial charge on any atom is -0.212 e. The number of halogens is 1. The van der Waals surface area contributed by atoms with E-state index in [0.717, 1.165) is 19.3 Å². The fourth-order valence-electron chi connectivity index (χ4n) is 1.75. The first-order valence-electron chi connectivity index (χ1n) is 4.77. The van der Waals surface area contributed by atoms with Gasteiger partial charge in [0.25, 0.3) is 0 Å². The summed E-state index contributed by atoms with van der Waals surface area (Å²) in [5.41, 5.74) is 2.69. The highest BCUT2D eigenvalue weighted by molar-refractivity contribution is 5.40. The van der Waals surface area contributed by atoms with Crippen molar-refractivity contribution in [1.29, 1.82) is 0 Å². The lowest BCUT2D eigenvalue weighted by molar-refractivity contribution is 0.582. The predicted molar refractivity (Wildman–Crippen MR) is 53.0 cm³/mol. The Balaban J connectivity index is 2.17. The van der Waals surface area contributed by atoms with Crippen molar-refractivity contribution in [3.8, 4) is 0 Å². The first-order chi connectivity index (χ1) is 6.36. The standard InChI is InChI=1S/C12H13F/c13-12-8-6-11(7-9-12)10-4-2-1-3-5-10/h1-2,4,6,8H,3,5,7,9H2. The lowest BCUT2D eigenvalue weighted by Crippen LogP contribution is -1.96. The van der Waals surface area contributed by atoms with Crippen LogP contribution in [0.3, 0.4) is 0 Å². The largest absolute Gasteiger partial charge is 0.212 e. The van der Waals surface area contributed by atoms with Gasteiger partial charge in [0.15, 0.2) is 0 Å². The smallest absolute Gasteiger partial charge is 0.100 e. The van der Waals surface area contributed by atoms with E-state index in [1.807, 2.05) is 6.08 Å². The van der Waals surface area contributed by atoms with Crippen molar-refractivity contribution < 1.29 is 4.39 Å². The highest BCUT2D eigenvalue weighted by Gasteiger charge is 2.10. The summed E-state index contributed by atoms with van der Waals surface area (Å²) < 4.78 is 12.7. The Bertz CT molecular complexity index is 316. The Morgan fingerprint density at radius 2 is 1.77 bits per heavy atom. The van der Waals surface area contributed by atoms with E-state index >= 15 is 0 Å². The van der Waals surface area contributed by atoms with Gasteiger partial charge in [-0.05, 0) is 36.5 Å². The quantitative estimate of drug-likeness (QED) is 0.569. The molecule has 0 aromatic rings. The molecule has 0 atom stereocenters. The molecule has 0 bridgehead atoms. The SMILES string of the molecule is FC1=CC=C(C2=CC=CCC2)CC1. The molecule has 0 N–H and O–H groups in total. The lowest BCUT2D eigenvalue weighted by Gasteiger charge is -2.15. The Kier molecular flexibility index (Phi) is 2.44. The van der Waals surface area contributed by atoms with E-state index in [9.17, 15) is 4.39 Å². The van der Waals surface area contributed by atoms with Gasteiger partial charge in [-0.15, -0.1) is 0 Å². The van der Waals surface area contributed by atoms with Crippen molar-refractivity contribution in [3.05, 3.63) is 47.4 Å². The minimum atomic E-state index is 0.00991. The molecule has 0 radical (unpaired) electrons. The van der Waals surface area contributed by atoms with Crippen LogP contribution in [0.4, 0.5) is 4.39 Å². The maximum absolute atomic E-state index is 12.7.